The summed E-state index contributed by atoms with van der Waals surface area (Å²) in [5, 5.41) is 7.73. The first-order chi connectivity index (χ1) is 12.5. The van der Waals surface area contributed by atoms with Gasteiger partial charge in [0.05, 0.1) is 16.4 Å². The van der Waals surface area contributed by atoms with Gasteiger partial charge in [-0.1, -0.05) is 0 Å². The number of nitrogens with zero attached hydrogens (tertiary/aromatic N) is 4. The molecule has 1 amide bonds. The minimum Gasteiger partial charge on any atom is -0.390 e. The average molecular weight is 371 g/mol. The summed E-state index contributed by atoms with van der Waals surface area (Å²) in [4.78, 5) is 19.4. The van der Waals surface area contributed by atoms with Crippen LogP contribution in [0.1, 0.15) is 23.2 Å². The fourth-order valence-corrected chi connectivity index (χ4v) is 4.37. The van der Waals surface area contributed by atoms with Crippen LogP contribution in [0.3, 0.4) is 0 Å². The molecule has 3 aromatic heterocycles. The molecule has 0 aromatic carbocycles. The van der Waals surface area contributed by atoms with Crippen LogP contribution in [0, 0.1) is 0 Å². The van der Waals surface area contributed by atoms with Crippen molar-refractivity contribution in [1.29, 1.82) is 0 Å². The standard InChI is InChI=1S/C17H21N7OS/c1-23-17(24-7-3-4-10(18)9-24)11(8-21-23)22-16(25)13-14-12(26-15(13)19)5-2-6-20-14/h2,5-6,8,10H,3-4,7,9,18-19H2,1H3,(H,22,25)/t10-/m0/s1. The molecule has 136 valence electrons. The highest BCUT2D eigenvalue weighted by Crippen LogP contribution is 2.34. The Morgan fingerprint density at radius 2 is 2.31 bits per heavy atom. The molecular formula is C17H21N7OS. The van der Waals surface area contributed by atoms with Crippen molar-refractivity contribution in [3.05, 3.63) is 30.1 Å². The fourth-order valence-electron chi connectivity index (χ4n) is 3.45. The molecule has 0 saturated carbocycles. The summed E-state index contributed by atoms with van der Waals surface area (Å²) in [7, 11) is 1.86. The van der Waals surface area contributed by atoms with Crippen molar-refractivity contribution in [3.8, 4) is 0 Å². The van der Waals surface area contributed by atoms with Gasteiger partial charge in [-0.15, -0.1) is 11.3 Å². The second kappa shape index (κ2) is 6.58. The molecular weight excluding hydrogens is 350 g/mol. The highest BCUT2D eigenvalue weighted by atomic mass is 32.1. The largest absolute Gasteiger partial charge is 0.390 e. The van der Waals surface area contributed by atoms with Crippen molar-refractivity contribution in [2.75, 3.05) is 29.0 Å². The number of fused-ring (bicyclic) bond motifs is 1. The van der Waals surface area contributed by atoms with Crippen LogP contribution in [0.25, 0.3) is 10.2 Å². The lowest BCUT2D eigenvalue weighted by molar-refractivity contribution is 0.102. The SMILES string of the molecule is Cn1ncc(NC(=O)c2c(N)sc3cccnc23)c1N1CCC[C@H](N)C1. The number of rotatable bonds is 3. The fraction of sp³-hybridized carbons (Fsp3) is 0.353. The van der Waals surface area contributed by atoms with Gasteiger partial charge >= 0.3 is 0 Å². The van der Waals surface area contributed by atoms with Gasteiger partial charge in [-0.25, -0.2) is 0 Å². The Morgan fingerprint density at radius 3 is 3.12 bits per heavy atom. The summed E-state index contributed by atoms with van der Waals surface area (Å²) in [6.45, 7) is 1.63. The number of aromatic nitrogens is 3. The quantitative estimate of drug-likeness (QED) is 0.646. The van der Waals surface area contributed by atoms with E-state index in [2.05, 4.69) is 20.3 Å². The molecule has 5 N–H and O–H groups in total. The zero-order valence-electron chi connectivity index (χ0n) is 14.5. The number of hydrogen-bond donors (Lipinski definition) is 3. The smallest absolute Gasteiger partial charge is 0.261 e. The van der Waals surface area contributed by atoms with E-state index in [1.165, 1.54) is 11.3 Å². The first-order valence-electron chi connectivity index (χ1n) is 8.51. The predicted octanol–water partition coefficient (Wildman–Crippen LogP) is 1.79. The van der Waals surface area contributed by atoms with Crippen LogP contribution in [-0.4, -0.2) is 39.8 Å². The molecule has 1 aliphatic rings. The van der Waals surface area contributed by atoms with Crippen molar-refractivity contribution in [1.82, 2.24) is 14.8 Å². The predicted molar refractivity (Wildman–Crippen MR) is 105 cm³/mol. The summed E-state index contributed by atoms with van der Waals surface area (Å²) in [6.07, 6.45) is 5.35. The van der Waals surface area contributed by atoms with Crippen molar-refractivity contribution >= 4 is 44.0 Å². The van der Waals surface area contributed by atoms with E-state index in [1.807, 2.05) is 19.2 Å². The van der Waals surface area contributed by atoms with Crippen molar-refractivity contribution in [2.24, 2.45) is 12.8 Å². The molecule has 1 saturated heterocycles. The molecule has 1 aliphatic heterocycles. The lowest BCUT2D eigenvalue weighted by Gasteiger charge is -2.32. The van der Waals surface area contributed by atoms with Gasteiger partial charge in [0.2, 0.25) is 0 Å². The molecule has 0 unspecified atom stereocenters. The molecule has 0 radical (unpaired) electrons. The molecule has 4 heterocycles. The molecule has 3 aromatic rings. The minimum absolute atomic E-state index is 0.128. The Bertz CT molecular complexity index is 963. The molecule has 8 nitrogen and oxygen atoms in total. The van der Waals surface area contributed by atoms with Crippen molar-refractivity contribution in [2.45, 2.75) is 18.9 Å². The minimum atomic E-state index is -0.275. The summed E-state index contributed by atoms with van der Waals surface area (Å²) in [6, 6.07) is 3.87. The maximum Gasteiger partial charge on any atom is 0.261 e. The van der Waals surface area contributed by atoms with Gasteiger partial charge in [-0.05, 0) is 25.0 Å². The Hall–Kier alpha value is -2.65. The normalized spacial score (nSPS) is 17.6. The number of hydrogen-bond acceptors (Lipinski definition) is 7. The van der Waals surface area contributed by atoms with E-state index in [0.717, 1.165) is 36.4 Å². The molecule has 1 atom stereocenters. The van der Waals surface area contributed by atoms with Crippen LogP contribution in [0.2, 0.25) is 0 Å². The summed E-state index contributed by atoms with van der Waals surface area (Å²) >= 11 is 1.36. The lowest BCUT2D eigenvalue weighted by Crippen LogP contribution is -2.43. The zero-order valence-corrected chi connectivity index (χ0v) is 15.3. The molecule has 1 fully saturated rings. The van der Waals surface area contributed by atoms with Crippen LogP contribution >= 0.6 is 11.3 Å². The number of nitrogen functional groups attached to an aromatic ring is 1. The second-order valence-corrected chi connectivity index (χ2v) is 7.58. The van der Waals surface area contributed by atoms with E-state index in [0.29, 0.717) is 21.8 Å². The monoisotopic (exact) mass is 371 g/mol. The van der Waals surface area contributed by atoms with Crippen molar-refractivity contribution < 1.29 is 4.79 Å². The van der Waals surface area contributed by atoms with E-state index in [-0.39, 0.29) is 11.9 Å². The molecule has 9 heteroatoms. The molecule has 0 spiro atoms. The van der Waals surface area contributed by atoms with Gasteiger partial charge in [-0.2, -0.15) is 5.10 Å². The van der Waals surface area contributed by atoms with Gasteiger partial charge in [0.1, 0.15) is 16.3 Å². The number of carbonyl (C=O) groups excluding carboxylic acids is 1. The van der Waals surface area contributed by atoms with Gasteiger partial charge in [0, 0.05) is 32.4 Å². The number of nitrogens with one attached hydrogen (secondary N) is 1. The van der Waals surface area contributed by atoms with Crippen molar-refractivity contribution in [3.63, 3.8) is 0 Å². The van der Waals surface area contributed by atoms with E-state index >= 15 is 0 Å². The van der Waals surface area contributed by atoms with E-state index in [1.54, 1.807) is 17.1 Å². The number of carbonyl (C=O) groups is 1. The maximum atomic E-state index is 12.9. The highest BCUT2D eigenvalue weighted by Gasteiger charge is 2.25. The third kappa shape index (κ3) is 2.89. The number of anilines is 3. The molecule has 0 bridgehead atoms. The highest BCUT2D eigenvalue weighted by molar-refractivity contribution is 7.23. The van der Waals surface area contributed by atoms with E-state index in [9.17, 15) is 4.79 Å². The number of nitrogens with two attached hydrogens (primary N) is 2. The van der Waals surface area contributed by atoms with Crippen LogP contribution in [0.5, 0.6) is 0 Å². The maximum absolute atomic E-state index is 12.9. The number of piperidine rings is 1. The van der Waals surface area contributed by atoms with Gasteiger partial charge < -0.3 is 21.7 Å². The Morgan fingerprint density at radius 1 is 1.46 bits per heavy atom. The number of thiophene rings is 1. The van der Waals surface area contributed by atoms with Crippen LogP contribution in [0.15, 0.2) is 24.5 Å². The van der Waals surface area contributed by atoms with E-state index < -0.39 is 0 Å². The third-order valence-corrected chi connectivity index (χ3v) is 5.59. The molecule has 26 heavy (non-hydrogen) atoms. The molecule has 4 rings (SSSR count). The summed E-state index contributed by atoms with van der Waals surface area (Å²) < 4.78 is 2.66. The van der Waals surface area contributed by atoms with E-state index in [4.69, 9.17) is 11.5 Å². The summed E-state index contributed by atoms with van der Waals surface area (Å²) in [5.74, 6) is 0.586. The molecule has 0 aliphatic carbocycles. The first-order valence-corrected chi connectivity index (χ1v) is 9.33. The second-order valence-electron chi connectivity index (χ2n) is 6.50. The average Bonchev–Trinajstić information content (AvgIpc) is 3.13. The number of aryl methyl sites for hydroxylation is 1. The van der Waals surface area contributed by atoms with Crippen LogP contribution in [-0.2, 0) is 7.05 Å². The topological polar surface area (TPSA) is 115 Å². The number of pyridine rings is 1. The number of amides is 1. The summed E-state index contributed by atoms with van der Waals surface area (Å²) in [5.41, 5.74) is 13.9. The Labute approximate surface area is 154 Å². The van der Waals surface area contributed by atoms with Gasteiger partial charge in [0.15, 0.2) is 5.82 Å². The zero-order chi connectivity index (χ0) is 18.3. The Balaban J connectivity index is 1.65. The van der Waals surface area contributed by atoms with Crippen LogP contribution in [0.4, 0.5) is 16.5 Å². The van der Waals surface area contributed by atoms with Gasteiger partial charge in [-0.3, -0.25) is 14.5 Å². The third-order valence-electron chi connectivity index (χ3n) is 4.61. The Kier molecular flexibility index (Phi) is 4.25. The van der Waals surface area contributed by atoms with Gasteiger partial charge in [0.25, 0.3) is 5.91 Å². The van der Waals surface area contributed by atoms with Crippen LogP contribution < -0.4 is 21.7 Å². The lowest BCUT2D eigenvalue weighted by atomic mass is 10.1. The first kappa shape index (κ1) is 16.8.